The lowest BCUT2D eigenvalue weighted by Gasteiger charge is -2.32. The lowest BCUT2D eigenvalue weighted by molar-refractivity contribution is 0.0981. The van der Waals surface area contributed by atoms with Gasteiger partial charge in [-0.3, -0.25) is 9.47 Å². The lowest BCUT2D eigenvalue weighted by atomic mass is 10.0. The van der Waals surface area contributed by atoms with Crippen LogP contribution in [0.4, 0.5) is 5.69 Å². The van der Waals surface area contributed by atoms with Gasteiger partial charge >= 0.3 is 0 Å². The molecule has 3 rings (SSSR count). The number of para-hydroxylation sites is 1. The van der Waals surface area contributed by atoms with E-state index in [2.05, 4.69) is 60.7 Å². The number of hydrogen-bond donors (Lipinski definition) is 0. The minimum atomic E-state index is -1.76. The summed E-state index contributed by atoms with van der Waals surface area (Å²) in [4.78, 5) is 12.5. The number of carbonyl (C=O) groups is 1. The first-order valence-corrected chi connectivity index (χ1v) is 14.0. The van der Waals surface area contributed by atoms with Gasteiger partial charge in [0.2, 0.25) is 0 Å². The summed E-state index contributed by atoms with van der Waals surface area (Å²) in [6.45, 7) is 6.89. The van der Waals surface area contributed by atoms with E-state index in [1.165, 1.54) is 0 Å². The molecule has 3 nitrogen and oxygen atoms in total. The van der Waals surface area contributed by atoms with Crippen molar-refractivity contribution in [2.24, 2.45) is 5.10 Å². The van der Waals surface area contributed by atoms with Crippen molar-refractivity contribution in [2.45, 2.75) is 38.9 Å². The molecule has 0 spiro atoms. The van der Waals surface area contributed by atoms with Crippen LogP contribution >= 0.6 is 0 Å². The fourth-order valence-corrected chi connectivity index (χ4v) is 4.70. The number of rotatable bonds is 9. The highest BCUT2D eigenvalue weighted by Crippen LogP contribution is 2.23. The molecule has 4 heteroatoms. The van der Waals surface area contributed by atoms with Gasteiger partial charge in [0, 0.05) is 17.7 Å². The summed E-state index contributed by atoms with van der Waals surface area (Å²) in [6, 6.07) is 30.2. The number of hydrazone groups is 1. The molecule has 0 N–H and O–H groups in total. The van der Waals surface area contributed by atoms with Gasteiger partial charge in [-0.05, 0) is 50.2 Å². The zero-order valence-electron chi connectivity index (χ0n) is 18.1. The SMILES string of the molecule is C[Si](C)(C)N(/N=C(\CCCC(=O)c1ccccc1)c1ccccc1)c1ccccc1. The van der Waals surface area contributed by atoms with E-state index >= 15 is 0 Å². The Morgan fingerprint density at radius 1 is 0.733 bits per heavy atom. The lowest BCUT2D eigenvalue weighted by Crippen LogP contribution is -2.43. The summed E-state index contributed by atoms with van der Waals surface area (Å²) in [5.41, 5.74) is 4.04. The number of Topliss-reactive ketones (excluding diaryl/α,β-unsaturated/α-hetero) is 1. The van der Waals surface area contributed by atoms with Crippen LogP contribution in [0.1, 0.15) is 35.2 Å². The summed E-state index contributed by atoms with van der Waals surface area (Å²) in [5, 5.41) is 5.16. The summed E-state index contributed by atoms with van der Waals surface area (Å²) in [7, 11) is -1.76. The number of hydrogen-bond acceptors (Lipinski definition) is 3. The molecule has 0 heterocycles. The molecular weight excluding hydrogens is 384 g/mol. The molecule has 0 aromatic heterocycles. The minimum Gasteiger partial charge on any atom is -0.295 e. The Bertz CT molecular complexity index is 964. The van der Waals surface area contributed by atoms with E-state index in [9.17, 15) is 4.79 Å². The van der Waals surface area contributed by atoms with E-state index in [1.807, 2.05) is 54.6 Å². The maximum atomic E-state index is 12.5. The second kappa shape index (κ2) is 10.2. The van der Waals surface area contributed by atoms with Crippen LogP contribution in [-0.4, -0.2) is 19.7 Å². The molecule has 0 bridgehead atoms. The number of ketones is 1. The zero-order valence-corrected chi connectivity index (χ0v) is 19.1. The molecule has 0 aliphatic rings. The van der Waals surface area contributed by atoms with Crippen LogP contribution in [0.15, 0.2) is 96.1 Å². The third-order valence-electron chi connectivity index (χ3n) is 4.88. The van der Waals surface area contributed by atoms with Crippen molar-refractivity contribution in [3.05, 3.63) is 102 Å². The molecular formula is C26H30N2OSi. The van der Waals surface area contributed by atoms with Gasteiger partial charge in [-0.25, -0.2) is 0 Å². The number of nitrogens with zero attached hydrogens (tertiary/aromatic N) is 2. The summed E-state index contributed by atoms with van der Waals surface area (Å²) >= 11 is 0. The molecule has 0 aliphatic carbocycles. The third-order valence-corrected chi connectivity index (χ3v) is 6.51. The average Bonchev–Trinajstić information content (AvgIpc) is 2.77. The molecule has 0 radical (unpaired) electrons. The molecule has 154 valence electrons. The maximum absolute atomic E-state index is 12.5. The average molecular weight is 415 g/mol. The van der Waals surface area contributed by atoms with Crippen molar-refractivity contribution < 1.29 is 4.79 Å². The standard InChI is InChI=1S/C26H30N2OSi/c1-30(2,3)28(24-18-11-6-12-19-24)27-25(22-14-7-4-8-15-22)20-13-21-26(29)23-16-9-5-10-17-23/h4-12,14-19H,13,20-21H2,1-3H3/b27-25+. The van der Waals surface area contributed by atoms with Crippen molar-refractivity contribution >= 4 is 25.4 Å². The van der Waals surface area contributed by atoms with Crippen molar-refractivity contribution in [1.82, 2.24) is 0 Å². The van der Waals surface area contributed by atoms with E-state index in [0.29, 0.717) is 6.42 Å². The second-order valence-corrected chi connectivity index (χ2v) is 13.1. The highest BCUT2D eigenvalue weighted by atomic mass is 28.3. The molecule has 0 unspecified atom stereocenters. The molecule has 0 saturated carbocycles. The molecule has 3 aromatic rings. The Morgan fingerprint density at radius 2 is 1.23 bits per heavy atom. The Morgan fingerprint density at radius 3 is 1.77 bits per heavy atom. The predicted octanol–water partition coefficient (Wildman–Crippen LogP) is 6.79. The van der Waals surface area contributed by atoms with Crippen LogP contribution in [-0.2, 0) is 0 Å². The molecule has 0 atom stereocenters. The van der Waals surface area contributed by atoms with Gasteiger partial charge in [0.1, 0.15) is 0 Å². The van der Waals surface area contributed by atoms with Gasteiger partial charge in [-0.2, -0.15) is 5.10 Å². The van der Waals surface area contributed by atoms with E-state index < -0.39 is 8.24 Å². The molecule has 0 aliphatic heterocycles. The van der Waals surface area contributed by atoms with Gasteiger partial charge in [-0.15, -0.1) is 0 Å². The van der Waals surface area contributed by atoms with E-state index in [4.69, 9.17) is 5.10 Å². The van der Waals surface area contributed by atoms with Crippen LogP contribution < -0.4 is 4.67 Å². The van der Waals surface area contributed by atoms with E-state index in [-0.39, 0.29) is 5.78 Å². The topological polar surface area (TPSA) is 32.7 Å². The number of anilines is 1. The minimum absolute atomic E-state index is 0.188. The third kappa shape index (κ3) is 6.01. The van der Waals surface area contributed by atoms with Crippen molar-refractivity contribution in [3.8, 4) is 0 Å². The van der Waals surface area contributed by atoms with Crippen LogP contribution in [0, 0.1) is 0 Å². The van der Waals surface area contributed by atoms with Gasteiger partial charge in [0.25, 0.3) is 0 Å². The fourth-order valence-electron chi connectivity index (χ4n) is 3.35. The van der Waals surface area contributed by atoms with Crippen LogP contribution in [0.3, 0.4) is 0 Å². The Balaban J connectivity index is 1.84. The number of carbonyl (C=O) groups excluding carboxylic acids is 1. The quantitative estimate of drug-likeness (QED) is 0.167. The van der Waals surface area contributed by atoms with Crippen LogP contribution in [0.25, 0.3) is 0 Å². The van der Waals surface area contributed by atoms with Gasteiger partial charge < -0.3 is 0 Å². The molecule has 0 amide bonds. The van der Waals surface area contributed by atoms with Crippen molar-refractivity contribution in [2.75, 3.05) is 4.67 Å². The first kappa shape index (κ1) is 21.7. The first-order chi connectivity index (χ1) is 14.4. The molecule has 0 saturated heterocycles. The fraction of sp³-hybridized carbons (Fsp3) is 0.231. The van der Waals surface area contributed by atoms with E-state index in [0.717, 1.165) is 35.4 Å². The zero-order chi connectivity index (χ0) is 21.4. The summed E-state index contributed by atoms with van der Waals surface area (Å²) < 4.78 is 2.22. The van der Waals surface area contributed by atoms with Crippen LogP contribution in [0.2, 0.25) is 19.6 Å². The Hall–Kier alpha value is -2.98. The van der Waals surface area contributed by atoms with Gasteiger partial charge in [0.15, 0.2) is 14.0 Å². The van der Waals surface area contributed by atoms with Crippen molar-refractivity contribution in [1.29, 1.82) is 0 Å². The molecule has 3 aromatic carbocycles. The smallest absolute Gasteiger partial charge is 0.176 e. The van der Waals surface area contributed by atoms with Gasteiger partial charge in [0.05, 0.1) is 5.71 Å². The normalized spacial score (nSPS) is 11.9. The van der Waals surface area contributed by atoms with Crippen molar-refractivity contribution in [3.63, 3.8) is 0 Å². The Labute approximate surface area is 181 Å². The first-order valence-electron chi connectivity index (χ1n) is 10.5. The van der Waals surface area contributed by atoms with E-state index in [1.54, 1.807) is 0 Å². The number of benzene rings is 3. The van der Waals surface area contributed by atoms with Gasteiger partial charge in [-0.1, -0.05) is 78.9 Å². The van der Waals surface area contributed by atoms with Crippen LogP contribution in [0.5, 0.6) is 0 Å². The Kier molecular flexibility index (Phi) is 7.36. The monoisotopic (exact) mass is 414 g/mol. The molecule has 0 fully saturated rings. The predicted molar refractivity (Wildman–Crippen MR) is 130 cm³/mol. The second-order valence-electron chi connectivity index (χ2n) is 8.37. The maximum Gasteiger partial charge on any atom is 0.176 e. The highest BCUT2D eigenvalue weighted by Gasteiger charge is 2.25. The molecule has 30 heavy (non-hydrogen) atoms. The summed E-state index contributed by atoms with van der Waals surface area (Å²) in [5.74, 6) is 0.188. The highest BCUT2D eigenvalue weighted by molar-refractivity contribution is 6.79. The largest absolute Gasteiger partial charge is 0.295 e. The summed E-state index contributed by atoms with van der Waals surface area (Å²) in [6.07, 6.45) is 2.06.